The molecule has 0 radical (unpaired) electrons. The van der Waals surface area contributed by atoms with Crippen molar-refractivity contribution in [1.29, 1.82) is 0 Å². The number of rotatable bonds is 8. The van der Waals surface area contributed by atoms with E-state index in [1.807, 2.05) is 43.3 Å². The molecule has 0 bridgehead atoms. The summed E-state index contributed by atoms with van der Waals surface area (Å²) in [4.78, 5) is 42.2. The number of amides is 3. The van der Waals surface area contributed by atoms with Crippen LogP contribution < -0.4 is 5.32 Å². The summed E-state index contributed by atoms with van der Waals surface area (Å²) in [5, 5.41) is 4.60. The topological polar surface area (TPSA) is 92.1 Å². The zero-order valence-electron chi connectivity index (χ0n) is 19.8. The van der Waals surface area contributed by atoms with Crippen LogP contribution in [-0.2, 0) is 9.53 Å². The van der Waals surface area contributed by atoms with Crippen molar-refractivity contribution < 1.29 is 23.5 Å². The van der Waals surface area contributed by atoms with Gasteiger partial charge in [0.15, 0.2) is 0 Å². The van der Waals surface area contributed by atoms with Crippen LogP contribution >= 0.6 is 0 Å². The lowest BCUT2D eigenvalue weighted by atomic mass is 9.94. The molecule has 1 unspecified atom stereocenters. The Labute approximate surface area is 203 Å². The zero-order valence-corrected chi connectivity index (χ0v) is 19.8. The molecule has 2 aliphatic rings. The first kappa shape index (κ1) is 23.3. The van der Waals surface area contributed by atoms with Gasteiger partial charge in [-0.05, 0) is 43.0 Å². The highest BCUT2D eigenvalue weighted by atomic mass is 16.5. The van der Waals surface area contributed by atoms with Crippen LogP contribution in [0, 0.1) is 6.92 Å². The van der Waals surface area contributed by atoms with Crippen LogP contribution in [0.5, 0.6) is 0 Å². The lowest BCUT2D eigenvalue weighted by Gasteiger charge is -2.33. The van der Waals surface area contributed by atoms with Crippen molar-refractivity contribution in [3.63, 3.8) is 0 Å². The fourth-order valence-corrected chi connectivity index (χ4v) is 4.91. The zero-order chi connectivity index (χ0) is 24.4. The smallest absolute Gasteiger partial charge is 0.261 e. The molecule has 1 N–H and O–H groups in total. The van der Waals surface area contributed by atoms with Crippen LogP contribution in [0.4, 0.5) is 0 Å². The lowest BCUT2D eigenvalue weighted by Crippen LogP contribution is -2.44. The molecule has 2 aromatic carbocycles. The Morgan fingerprint density at radius 1 is 1.00 bits per heavy atom. The summed E-state index contributed by atoms with van der Waals surface area (Å²) in [6, 6.07) is 14.8. The second kappa shape index (κ2) is 10.0. The van der Waals surface area contributed by atoms with Gasteiger partial charge < -0.3 is 14.5 Å². The van der Waals surface area contributed by atoms with Crippen LogP contribution in [0.2, 0.25) is 0 Å². The number of imide groups is 1. The van der Waals surface area contributed by atoms with Crippen LogP contribution in [0.15, 0.2) is 52.9 Å². The second-order valence-electron chi connectivity index (χ2n) is 8.99. The van der Waals surface area contributed by atoms with Crippen molar-refractivity contribution in [2.75, 3.05) is 39.4 Å². The quantitative estimate of drug-likeness (QED) is 0.503. The van der Waals surface area contributed by atoms with Crippen molar-refractivity contribution in [3.8, 4) is 0 Å². The van der Waals surface area contributed by atoms with E-state index in [9.17, 15) is 14.4 Å². The lowest BCUT2D eigenvalue weighted by molar-refractivity contribution is -0.121. The monoisotopic (exact) mass is 475 g/mol. The maximum Gasteiger partial charge on any atom is 0.261 e. The summed E-state index contributed by atoms with van der Waals surface area (Å²) >= 11 is 0. The number of morpholine rings is 1. The highest BCUT2D eigenvalue weighted by Crippen LogP contribution is 2.30. The van der Waals surface area contributed by atoms with Crippen LogP contribution in [0.1, 0.15) is 51.1 Å². The molecule has 3 amide bonds. The number of carbonyl (C=O) groups excluding carboxylic acids is 3. The summed E-state index contributed by atoms with van der Waals surface area (Å²) in [7, 11) is 0. The van der Waals surface area contributed by atoms with Crippen molar-refractivity contribution in [1.82, 2.24) is 15.1 Å². The highest BCUT2D eigenvalue weighted by Gasteiger charge is 2.32. The summed E-state index contributed by atoms with van der Waals surface area (Å²) in [5.41, 5.74) is 1.06. The van der Waals surface area contributed by atoms with E-state index in [1.54, 1.807) is 12.1 Å². The van der Waals surface area contributed by atoms with E-state index in [0.717, 1.165) is 30.0 Å². The number of ether oxygens (including phenoxy) is 1. The molecule has 1 atom stereocenters. The minimum Gasteiger partial charge on any atom is -0.465 e. The molecule has 1 fully saturated rings. The number of nitrogens with one attached hydrogen (secondary N) is 1. The first-order valence-corrected chi connectivity index (χ1v) is 12.1. The van der Waals surface area contributed by atoms with Gasteiger partial charge >= 0.3 is 0 Å². The number of carbonyl (C=O) groups is 3. The third-order valence-electron chi connectivity index (χ3n) is 6.71. The Balaban J connectivity index is 1.18. The third kappa shape index (κ3) is 4.72. The van der Waals surface area contributed by atoms with Crippen LogP contribution in [-0.4, -0.2) is 66.9 Å². The molecule has 1 saturated heterocycles. The minimum atomic E-state index is -0.305. The maximum absolute atomic E-state index is 13.0. The van der Waals surface area contributed by atoms with Gasteiger partial charge in [0.1, 0.15) is 11.5 Å². The third-order valence-corrected chi connectivity index (χ3v) is 6.71. The minimum absolute atomic E-state index is 0.0706. The van der Waals surface area contributed by atoms with E-state index < -0.39 is 0 Å². The van der Waals surface area contributed by atoms with Gasteiger partial charge in [-0.2, -0.15) is 0 Å². The Kier molecular flexibility index (Phi) is 6.66. The van der Waals surface area contributed by atoms with Crippen molar-refractivity contribution >= 4 is 28.5 Å². The van der Waals surface area contributed by atoms with Crippen LogP contribution in [0.3, 0.4) is 0 Å². The standard InChI is InChI=1S/C27H29N3O5/c1-18-10-11-23(35-18)22(29-13-15-34-16-14-29)17-28-24(31)9-4-12-30-26(32)20-7-2-5-19-6-3-8-21(25(19)20)27(30)33/h2-3,5-8,10-11,22H,4,9,12-17H2,1H3,(H,28,31). The Morgan fingerprint density at radius 2 is 1.69 bits per heavy atom. The predicted molar refractivity (Wildman–Crippen MR) is 130 cm³/mol. The SMILES string of the molecule is Cc1ccc(C(CNC(=O)CCCN2C(=O)c3cccc4cccc(c34)C2=O)N2CCOCC2)o1. The molecule has 5 rings (SSSR count). The molecule has 8 heteroatoms. The van der Waals surface area contributed by atoms with Gasteiger partial charge in [0, 0.05) is 49.1 Å². The van der Waals surface area contributed by atoms with E-state index in [0.29, 0.717) is 42.7 Å². The van der Waals surface area contributed by atoms with Gasteiger partial charge in [-0.25, -0.2) is 0 Å². The van der Waals surface area contributed by atoms with Gasteiger partial charge in [-0.15, -0.1) is 0 Å². The van der Waals surface area contributed by atoms with E-state index >= 15 is 0 Å². The Hall–Kier alpha value is -3.49. The van der Waals surface area contributed by atoms with E-state index in [1.165, 1.54) is 4.90 Å². The summed E-state index contributed by atoms with van der Waals surface area (Å²) in [6.45, 7) is 5.36. The highest BCUT2D eigenvalue weighted by molar-refractivity contribution is 6.25. The molecule has 3 aromatic rings. The number of benzene rings is 2. The number of hydrogen-bond acceptors (Lipinski definition) is 6. The number of nitrogens with zero attached hydrogens (tertiary/aromatic N) is 2. The molecule has 2 aliphatic heterocycles. The first-order chi connectivity index (χ1) is 17.0. The molecular weight excluding hydrogens is 446 g/mol. The molecule has 3 heterocycles. The molecule has 0 spiro atoms. The number of aryl methyl sites for hydroxylation is 1. The van der Waals surface area contributed by atoms with Crippen molar-refractivity contribution in [2.45, 2.75) is 25.8 Å². The maximum atomic E-state index is 13.0. The van der Waals surface area contributed by atoms with Crippen LogP contribution in [0.25, 0.3) is 10.8 Å². The fraction of sp³-hybridized carbons (Fsp3) is 0.370. The molecular formula is C27H29N3O5. The largest absolute Gasteiger partial charge is 0.465 e. The second-order valence-corrected chi connectivity index (χ2v) is 8.99. The van der Waals surface area contributed by atoms with Gasteiger partial charge in [0.2, 0.25) is 5.91 Å². The average Bonchev–Trinajstić information content (AvgIpc) is 3.31. The van der Waals surface area contributed by atoms with Gasteiger partial charge in [-0.1, -0.05) is 24.3 Å². The molecule has 182 valence electrons. The number of hydrogen-bond donors (Lipinski definition) is 1. The summed E-state index contributed by atoms with van der Waals surface area (Å²) < 4.78 is 11.3. The Bertz CT molecular complexity index is 1210. The van der Waals surface area contributed by atoms with Gasteiger partial charge in [-0.3, -0.25) is 24.2 Å². The average molecular weight is 476 g/mol. The van der Waals surface area contributed by atoms with E-state index in [4.69, 9.17) is 9.15 Å². The normalized spacial score (nSPS) is 17.1. The number of furan rings is 1. The summed E-state index contributed by atoms with van der Waals surface area (Å²) in [6.07, 6.45) is 0.611. The van der Waals surface area contributed by atoms with Gasteiger partial charge in [0.05, 0.1) is 19.3 Å². The molecule has 0 saturated carbocycles. The Morgan fingerprint density at radius 3 is 2.31 bits per heavy atom. The van der Waals surface area contributed by atoms with Crippen molar-refractivity contribution in [2.24, 2.45) is 0 Å². The molecule has 1 aromatic heterocycles. The van der Waals surface area contributed by atoms with Gasteiger partial charge in [0.25, 0.3) is 11.8 Å². The molecule has 0 aliphatic carbocycles. The molecule has 8 nitrogen and oxygen atoms in total. The summed E-state index contributed by atoms with van der Waals surface area (Å²) in [5.74, 6) is 0.922. The predicted octanol–water partition coefficient (Wildman–Crippen LogP) is 3.31. The van der Waals surface area contributed by atoms with E-state index in [2.05, 4.69) is 10.2 Å². The fourth-order valence-electron chi connectivity index (χ4n) is 4.91. The molecule has 35 heavy (non-hydrogen) atoms. The first-order valence-electron chi connectivity index (χ1n) is 12.1. The van der Waals surface area contributed by atoms with Crippen molar-refractivity contribution in [3.05, 3.63) is 71.2 Å². The van der Waals surface area contributed by atoms with E-state index in [-0.39, 0.29) is 36.7 Å².